The number of benzene rings is 2. The van der Waals surface area contributed by atoms with Gasteiger partial charge in [0.2, 0.25) is 0 Å². The largest absolute Gasteiger partial charge is 0.405 e. The molecule has 0 unspecified atom stereocenters. The van der Waals surface area contributed by atoms with Gasteiger partial charge in [0.05, 0.1) is 18.8 Å². The van der Waals surface area contributed by atoms with Crippen LogP contribution in [0.15, 0.2) is 60.7 Å². The minimum atomic E-state index is -2.75. The van der Waals surface area contributed by atoms with Crippen LogP contribution >= 0.6 is 0 Å². The Morgan fingerprint density at radius 1 is 0.968 bits per heavy atom. The quantitative estimate of drug-likeness (QED) is 0.498. The molecule has 2 aromatic carbocycles. The molecule has 1 saturated heterocycles. The van der Waals surface area contributed by atoms with Crippen molar-refractivity contribution in [1.82, 2.24) is 0 Å². The average molecular weight is 448 g/mol. The molecule has 4 atom stereocenters. The Kier molecular flexibility index (Phi) is 7.67. The summed E-state index contributed by atoms with van der Waals surface area (Å²) in [5, 5.41) is 2.12. The molecule has 3 rings (SSSR count). The third kappa shape index (κ3) is 4.62. The van der Waals surface area contributed by atoms with Gasteiger partial charge < -0.3 is 24.4 Å². The summed E-state index contributed by atoms with van der Waals surface area (Å²) in [7, 11) is 0.166. The Morgan fingerprint density at radius 2 is 1.45 bits per heavy atom. The molecule has 0 radical (unpaired) electrons. The van der Waals surface area contributed by atoms with Crippen molar-refractivity contribution in [1.29, 1.82) is 0 Å². The number of hydrogen-bond donors (Lipinski definition) is 1. The number of alkyl halides is 1. The minimum Gasteiger partial charge on any atom is -0.405 e. The lowest BCUT2D eigenvalue weighted by atomic mass is 10.1. The van der Waals surface area contributed by atoms with Crippen molar-refractivity contribution < 1.29 is 23.0 Å². The molecule has 1 heterocycles. The third-order valence-electron chi connectivity index (χ3n) is 6.06. The van der Waals surface area contributed by atoms with E-state index in [-0.39, 0.29) is 11.6 Å². The molecule has 5 nitrogen and oxygen atoms in total. The molecule has 2 aromatic rings. The van der Waals surface area contributed by atoms with E-state index in [1.165, 1.54) is 14.2 Å². The van der Waals surface area contributed by atoms with Gasteiger partial charge in [-0.15, -0.1) is 0 Å². The molecule has 0 aromatic heterocycles. The number of hydrogen-bond acceptors (Lipinski definition) is 5. The van der Waals surface area contributed by atoms with Crippen LogP contribution in [0.25, 0.3) is 0 Å². The zero-order valence-corrected chi connectivity index (χ0v) is 20.0. The van der Waals surface area contributed by atoms with E-state index in [0.717, 1.165) is 10.4 Å². The number of rotatable bonds is 8. The molecular weight excluding hydrogens is 413 g/mol. The molecule has 1 aliphatic rings. The summed E-state index contributed by atoms with van der Waals surface area (Å²) in [5.74, 6) is 0. The van der Waals surface area contributed by atoms with Crippen LogP contribution in [0.4, 0.5) is 4.39 Å². The number of methoxy groups -OCH3 is 2. The predicted molar refractivity (Wildman–Crippen MR) is 123 cm³/mol. The Hall–Kier alpha value is -1.61. The summed E-state index contributed by atoms with van der Waals surface area (Å²) >= 11 is 0. The predicted octanol–water partition coefficient (Wildman–Crippen LogP) is 2.61. The molecule has 0 aliphatic carbocycles. The highest BCUT2D eigenvalue weighted by Gasteiger charge is 2.53. The highest BCUT2D eigenvalue weighted by molar-refractivity contribution is 6.99. The van der Waals surface area contributed by atoms with E-state index in [1.807, 2.05) is 36.4 Å². The molecule has 1 aliphatic heterocycles. The Labute approximate surface area is 185 Å². The Morgan fingerprint density at radius 3 is 1.87 bits per heavy atom. The van der Waals surface area contributed by atoms with Crippen LogP contribution in [-0.4, -0.2) is 59.9 Å². The first-order valence-corrected chi connectivity index (χ1v) is 12.5. The molecule has 0 spiro atoms. The van der Waals surface area contributed by atoms with Gasteiger partial charge in [0.1, 0.15) is 12.3 Å². The van der Waals surface area contributed by atoms with Gasteiger partial charge in [0.25, 0.3) is 8.32 Å². The van der Waals surface area contributed by atoms with Crippen LogP contribution < -0.4 is 16.1 Å². The van der Waals surface area contributed by atoms with Crippen molar-refractivity contribution in [2.75, 3.05) is 20.8 Å². The summed E-state index contributed by atoms with van der Waals surface area (Å²) in [5.41, 5.74) is 6.20. The van der Waals surface area contributed by atoms with Gasteiger partial charge in [-0.25, -0.2) is 4.39 Å². The summed E-state index contributed by atoms with van der Waals surface area (Å²) in [6.45, 7) is 6.77. The third-order valence-corrected chi connectivity index (χ3v) is 11.1. The molecule has 7 heteroatoms. The molecular formula is C24H34FNO4Si. The maximum Gasteiger partial charge on any atom is 0.261 e. The maximum atomic E-state index is 14.9. The maximum absolute atomic E-state index is 14.9. The Bertz CT molecular complexity index is 774. The molecule has 0 bridgehead atoms. The second-order valence-corrected chi connectivity index (χ2v) is 13.3. The highest BCUT2D eigenvalue weighted by Crippen LogP contribution is 2.37. The van der Waals surface area contributed by atoms with Crippen molar-refractivity contribution in [3.8, 4) is 0 Å². The average Bonchev–Trinajstić information content (AvgIpc) is 3.04. The fourth-order valence-electron chi connectivity index (χ4n) is 4.49. The van der Waals surface area contributed by atoms with E-state index in [2.05, 4.69) is 45.0 Å². The normalized spacial score (nSPS) is 24.6. The topological polar surface area (TPSA) is 62.9 Å². The van der Waals surface area contributed by atoms with Gasteiger partial charge in [-0.3, -0.25) is 0 Å². The summed E-state index contributed by atoms with van der Waals surface area (Å²) in [6, 6.07) is 19.8. The smallest absolute Gasteiger partial charge is 0.261 e. The van der Waals surface area contributed by atoms with Crippen molar-refractivity contribution in [3.05, 3.63) is 60.7 Å². The first-order valence-electron chi connectivity index (χ1n) is 10.6. The van der Waals surface area contributed by atoms with Crippen molar-refractivity contribution in [2.24, 2.45) is 5.73 Å². The van der Waals surface area contributed by atoms with Gasteiger partial charge >= 0.3 is 0 Å². The van der Waals surface area contributed by atoms with Crippen LogP contribution in [0.1, 0.15) is 20.8 Å². The zero-order chi connectivity index (χ0) is 22.6. The monoisotopic (exact) mass is 447 g/mol. The molecule has 31 heavy (non-hydrogen) atoms. The second-order valence-electron chi connectivity index (χ2n) is 8.97. The van der Waals surface area contributed by atoms with E-state index >= 15 is 0 Å². The lowest BCUT2D eigenvalue weighted by Gasteiger charge is -2.43. The highest BCUT2D eigenvalue weighted by atomic mass is 28.4. The SMILES string of the molecule is COC(OC)[C@@H]1O[C@@H](CO[Si](c2ccccc2)(c2ccccc2)C(C)(C)C)[C@H](N)[C@@H]1F. The zero-order valence-electron chi connectivity index (χ0n) is 19.0. The van der Waals surface area contributed by atoms with E-state index in [4.69, 9.17) is 24.4 Å². The van der Waals surface area contributed by atoms with Crippen LogP contribution in [-0.2, 0) is 18.6 Å². The van der Waals surface area contributed by atoms with Crippen molar-refractivity contribution in [3.63, 3.8) is 0 Å². The van der Waals surface area contributed by atoms with Gasteiger partial charge in [-0.05, 0) is 15.4 Å². The van der Waals surface area contributed by atoms with Crippen LogP contribution in [0.3, 0.4) is 0 Å². The first-order chi connectivity index (χ1) is 14.8. The molecule has 170 valence electrons. The number of halogens is 1. The summed E-state index contributed by atoms with van der Waals surface area (Å²) < 4.78 is 38.1. The van der Waals surface area contributed by atoms with Crippen molar-refractivity contribution in [2.45, 2.75) is 56.5 Å². The molecule has 1 fully saturated rings. The fraction of sp³-hybridized carbons (Fsp3) is 0.500. The summed E-state index contributed by atoms with van der Waals surface area (Å²) in [6.07, 6.45) is -3.72. The van der Waals surface area contributed by atoms with E-state index < -0.39 is 39.0 Å². The van der Waals surface area contributed by atoms with E-state index in [1.54, 1.807) is 0 Å². The first kappa shape index (κ1) is 24.0. The van der Waals surface area contributed by atoms with Crippen LogP contribution in [0, 0.1) is 0 Å². The van der Waals surface area contributed by atoms with E-state index in [9.17, 15) is 4.39 Å². The van der Waals surface area contributed by atoms with Gasteiger partial charge in [0, 0.05) is 14.2 Å². The minimum absolute atomic E-state index is 0.186. The van der Waals surface area contributed by atoms with E-state index in [0.29, 0.717) is 0 Å². The Balaban J connectivity index is 1.95. The van der Waals surface area contributed by atoms with Crippen LogP contribution in [0.5, 0.6) is 0 Å². The lowest BCUT2D eigenvalue weighted by Crippen LogP contribution is -2.67. The molecule has 0 amide bonds. The van der Waals surface area contributed by atoms with Gasteiger partial charge in [-0.2, -0.15) is 0 Å². The van der Waals surface area contributed by atoms with Crippen molar-refractivity contribution >= 4 is 18.7 Å². The number of ether oxygens (including phenoxy) is 3. The molecule has 0 saturated carbocycles. The lowest BCUT2D eigenvalue weighted by molar-refractivity contribution is -0.187. The van der Waals surface area contributed by atoms with Gasteiger partial charge in [0.15, 0.2) is 6.29 Å². The second kappa shape index (κ2) is 9.89. The van der Waals surface area contributed by atoms with Gasteiger partial charge in [-0.1, -0.05) is 81.4 Å². The fourth-order valence-corrected chi connectivity index (χ4v) is 9.06. The summed E-state index contributed by atoms with van der Waals surface area (Å²) in [4.78, 5) is 0. The number of nitrogens with two attached hydrogens (primary N) is 1. The standard InChI is InChI=1S/C24H34FNO4Si/c1-24(2,3)31(17-12-8-6-9-13-17,18-14-10-7-11-15-18)29-16-19-21(26)20(25)22(30-19)23(27-4)28-5/h6-15,19-23H,16,26H2,1-5H3/t19-,20-,21-,22+/m0/s1. The molecule has 2 N–H and O–H groups in total. The van der Waals surface area contributed by atoms with Crippen LogP contribution in [0.2, 0.25) is 5.04 Å².